The second kappa shape index (κ2) is 6.25. The average molecular weight is 338 g/mol. The average Bonchev–Trinajstić information content (AvgIpc) is 2.59. The van der Waals surface area contributed by atoms with Crippen molar-refractivity contribution >= 4 is 16.1 Å². The van der Waals surface area contributed by atoms with Gasteiger partial charge in [0.15, 0.2) is 0 Å². The van der Waals surface area contributed by atoms with Gasteiger partial charge in [-0.25, -0.2) is 4.34 Å². The number of rotatable bonds is 4. The first-order valence-corrected chi connectivity index (χ1v) is 7.71. The summed E-state index contributed by atoms with van der Waals surface area (Å²) in [7, 11) is 0. The maximum absolute atomic E-state index is 3.53. The molecule has 3 aromatic rings. The van der Waals surface area contributed by atoms with E-state index >= 15 is 0 Å². The summed E-state index contributed by atoms with van der Waals surface area (Å²) in [5.74, 6) is 0. The first kappa shape index (κ1) is 14.1. The van der Waals surface area contributed by atoms with Gasteiger partial charge >= 0.3 is 0 Å². The number of benzene rings is 3. The van der Waals surface area contributed by atoms with Gasteiger partial charge in [0.1, 0.15) is 5.54 Å². The van der Waals surface area contributed by atoms with Crippen LogP contribution in [0, 0.1) is 0 Å². The Hall–Kier alpha value is -1.90. The van der Waals surface area contributed by atoms with Crippen molar-refractivity contribution < 1.29 is 0 Å². The summed E-state index contributed by atoms with van der Waals surface area (Å²) in [6, 6.07) is 31.4. The van der Waals surface area contributed by atoms with Crippen LogP contribution in [0.5, 0.6) is 0 Å². The van der Waals surface area contributed by atoms with Crippen LogP contribution in [0.4, 0.5) is 0 Å². The van der Waals surface area contributed by atoms with Crippen LogP contribution in [0.2, 0.25) is 0 Å². The lowest BCUT2D eigenvalue weighted by molar-refractivity contribution is 0.610. The highest BCUT2D eigenvalue weighted by atomic mass is 79.9. The Morgan fingerprint density at radius 2 is 0.810 bits per heavy atom. The molecule has 0 aromatic heterocycles. The number of hydrogen-bond donors (Lipinski definition) is 1. The molecule has 1 N–H and O–H groups in total. The van der Waals surface area contributed by atoms with E-state index in [0.717, 1.165) is 0 Å². The third-order valence-corrected chi connectivity index (χ3v) is 4.36. The van der Waals surface area contributed by atoms with Gasteiger partial charge in [-0.2, -0.15) is 0 Å². The number of hydrogen-bond acceptors (Lipinski definition) is 1. The van der Waals surface area contributed by atoms with Crippen molar-refractivity contribution in [1.82, 2.24) is 4.34 Å². The van der Waals surface area contributed by atoms with Crippen LogP contribution in [0.15, 0.2) is 91.0 Å². The Balaban J connectivity index is 2.29. The van der Waals surface area contributed by atoms with E-state index in [4.69, 9.17) is 0 Å². The molecule has 1 nitrogen and oxygen atoms in total. The number of halogens is 1. The molecular formula is C19H16BrN. The quantitative estimate of drug-likeness (QED) is 0.528. The standard InChI is InChI=1S/C19H16BrN/c20-21-19(16-10-4-1-5-11-16,17-12-6-2-7-13-17)18-14-8-3-9-15-18/h1-15,21H. The Labute approximate surface area is 134 Å². The Morgan fingerprint density at radius 1 is 0.524 bits per heavy atom. The monoisotopic (exact) mass is 337 g/mol. The van der Waals surface area contributed by atoms with Crippen LogP contribution >= 0.6 is 16.1 Å². The summed E-state index contributed by atoms with van der Waals surface area (Å²) in [5.41, 5.74) is 3.17. The minimum Gasteiger partial charge on any atom is -0.237 e. The molecule has 0 radical (unpaired) electrons. The summed E-state index contributed by atoms with van der Waals surface area (Å²) in [6.45, 7) is 0. The molecule has 0 saturated heterocycles. The summed E-state index contributed by atoms with van der Waals surface area (Å²) >= 11 is 3.53. The van der Waals surface area contributed by atoms with E-state index in [1.165, 1.54) is 16.7 Å². The lowest BCUT2D eigenvalue weighted by atomic mass is 9.78. The van der Waals surface area contributed by atoms with E-state index in [0.29, 0.717) is 0 Å². The summed E-state index contributed by atoms with van der Waals surface area (Å²) in [6.07, 6.45) is 0. The van der Waals surface area contributed by atoms with Crippen molar-refractivity contribution in [3.63, 3.8) is 0 Å². The lowest BCUT2D eigenvalue weighted by Gasteiger charge is -2.34. The molecule has 104 valence electrons. The van der Waals surface area contributed by atoms with Gasteiger partial charge in [-0.15, -0.1) is 0 Å². The van der Waals surface area contributed by atoms with Crippen molar-refractivity contribution in [3.8, 4) is 0 Å². The fraction of sp³-hybridized carbons (Fsp3) is 0.0526. The molecule has 0 bridgehead atoms. The van der Waals surface area contributed by atoms with Gasteiger partial charge in [0.05, 0.1) is 0 Å². The first-order valence-electron chi connectivity index (χ1n) is 6.92. The molecule has 0 aliphatic heterocycles. The summed E-state index contributed by atoms with van der Waals surface area (Å²) < 4.78 is 3.38. The Bertz CT molecular complexity index is 584. The first-order chi connectivity index (χ1) is 10.4. The molecule has 3 rings (SSSR count). The smallest absolute Gasteiger partial charge is 0.104 e. The van der Waals surface area contributed by atoms with Crippen molar-refractivity contribution in [1.29, 1.82) is 0 Å². The maximum Gasteiger partial charge on any atom is 0.104 e. The van der Waals surface area contributed by atoms with Crippen LogP contribution in [0.1, 0.15) is 16.7 Å². The van der Waals surface area contributed by atoms with Gasteiger partial charge < -0.3 is 0 Å². The fourth-order valence-corrected chi connectivity index (χ4v) is 3.41. The van der Waals surface area contributed by atoms with Crippen molar-refractivity contribution in [3.05, 3.63) is 108 Å². The number of nitrogens with one attached hydrogen (secondary N) is 1. The predicted octanol–water partition coefficient (Wildman–Crippen LogP) is 4.88. The minimum atomic E-state index is -0.413. The molecular weight excluding hydrogens is 322 g/mol. The third kappa shape index (κ3) is 2.53. The second-order valence-electron chi connectivity index (χ2n) is 4.94. The lowest BCUT2D eigenvalue weighted by Crippen LogP contribution is -2.39. The van der Waals surface area contributed by atoms with Gasteiger partial charge in [0.2, 0.25) is 0 Å². The van der Waals surface area contributed by atoms with Gasteiger partial charge in [0, 0.05) is 16.1 Å². The van der Waals surface area contributed by atoms with E-state index in [1.807, 2.05) is 18.2 Å². The normalized spacial score (nSPS) is 11.3. The molecule has 0 spiro atoms. The molecule has 3 aromatic carbocycles. The topological polar surface area (TPSA) is 12.0 Å². The van der Waals surface area contributed by atoms with Crippen molar-refractivity contribution in [2.24, 2.45) is 0 Å². The molecule has 0 atom stereocenters. The molecule has 0 saturated carbocycles. The molecule has 0 fully saturated rings. The van der Waals surface area contributed by atoms with Crippen LogP contribution < -0.4 is 4.34 Å². The van der Waals surface area contributed by atoms with Crippen LogP contribution in [-0.4, -0.2) is 0 Å². The maximum atomic E-state index is 3.53. The molecule has 0 unspecified atom stereocenters. The van der Waals surface area contributed by atoms with Gasteiger partial charge in [-0.1, -0.05) is 91.0 Å². The Kier molecular flexibility index (Phi) is 4.18. The third-order valence-electron chi connectivity index (χ3n) is 3.76. The van der Waals surface area contributed by atoms with Gasteiger partial charge in [-0.3, -0.25) is 0 Å². The zero-order valence-electron chi connectivity index (χ0n) is 11.5. The Morgan fingerprint density at radius 3 is 1.05 bits per heavy atom. The summed E-state index contributed by atoms with van der Waals surface area (Å²) in [4.78, 5) is 0. The van der Waals surface area contributed by atoms with E-state index < -0.39 is 5.54 Å². The molecule has 0 amide bonds. The zero-order chi connectivity index (χ0) is 14.5. The van der Waals surface area contributed by atoms with Gasteiger partial charge in [0.25, 0.3) is 0 Å². The van der Waals surface area contributed by atoms with Crippen molar-refractivity contribution in [2.75, 3.05) is 0 Å². The van der Waals surface area contributed by atoms with Crippen LogP contribution in [0.3, 0.4) is 0 Å². The summed E-state index contributed by atoms with van der Waals surface area (Å²) in [5, 5.41) is 0. The van der Waals surface area contributed by atoms with E-state index in [1.54, 1.807) is 0 Å². The van der Waals surface area contributed by atoms with Crippen molar-refractivity contribution in [2.45, 2.75) is 5.54 Å². The zero-order valence-corrected chi connectivity index (χ0v) is 13.1. The van der Waals surface area contributed by atoms with E-state index in [9.17, 15) is 0 Å². The van der Waals surface area contributed by atoms with E-state index in [-0.39, 0.29) is 0 Å². The highest BCUT2D eigenvalue weighted by molar-refractivity contribution is 9.08. The SMILES string of the molecule is BrNC(c1ccccc1)(c1ccccc1)c1ccccc1. The highest BCUT2D eigenvalue weighted by Crippen LogP contribution is 2.37. The van der Waals surface area contributed by atoms with Crippen LogP contribution in [-0.2, 0) is 5.54 Å². The highest BCUT2D eigenvalue weighted by Gasteiger charge is 2.35. The molecule has 2 heteroatoms. The second-order valence-corrected chi connectivity index (χ2v) is 5.34. The molecule has 0 aliphatic rings. The largest absolute Gasteiger partial charge is 0.237 e. The molecule has 0 heterocycles. The minimum absolute atomic E-state index is 0.413. The predicted molar refractivity (Wildman–Crippen MR) is 91.3 cm³/mol. The molecule has 21 heavy (non-hydrogen) atoms. The van der Waals surface area contributed by atoms with Crippen LogP contribution in [0.25, 0.3) is 0 Å². The van der Waals surface area contributed by atoms with E-state index in [2.05, 4.69) is 93.3 Å². The molecule has 0 aliphatic carbocycles. The van der Waals surface area contributed by atoms with Gasteiger partial charge in [-0.05, 0) is 16.7 Å². The fourth-order valence-electron chi connectivity index (χ4n) is 2.73.